The minimum absolute atomic E-state index is 0.0949. The molecule has 0 saturated heterocycles. The molecule has 2 aromatic rings. The van der Waals surface area contributed by atoms with E-state index in [2.05, 4.69) is 10.7 Å². The predicted octanol–water partition coefficient (Wildman–Crippen LogP) is 3.61. The van der Waals surface area contributed by atoms with E-state index in [4.69, 9.17) is 5.26 Å². The van der Waals surface area contributed by atoms with Crippen LogP contribution in [-0.2, 0) is 6.54 Å². The largest absolute Gasteiger partial charge is 0.306 e. The van der Waals surface area contributed by atoms with E-state index in [0.717, 1.165) is 0 Å². The molecular formula is C14H13FN2S. The summed E-state index contributed by atoms with van der Waals surface area (Å²) >= 11 is 1.64. The number of nitrogens with one attached hydrogen (secondary N) is 1. The summed E-state index contributed by atoms with van der Waals surface area (Å²) in [7, 11) is 0. The molecule has 0 radical (unpaired) electrons. The zero-order valence-corrected chi connectivity index (χ0v) is 10.8. The molecule has 1 heterocycles. The molecule has 1 N–H and O–H groups in total. The van der Waals surface area contributed by atoms with Crippen molar-refractivity contribution in [3.05, 3.63) is 57.5 Å². The van der Waals surface area contributed by atoms with Crippen LogP contribution in [0.3, 0.4) is 0 Å². The number of nitrogens with zero attached hydrogens (tertiary/aromatic N) is 1. The van der Waals surface area contributed by atoms with Gasteiger partial charge in [-0.2, -0.15) is 16.6 Å². The van der Waals surface area contributed by atoms with Gasteiger partial charge in [0.1, 0.15) is 11.9 Å². The molecule has 1 aromatic heterocycles. The molecule has 2 rings (SSSR count). The molecule has 2 nitrogen and oxygen atoms in total. The third kappa shape index (κ3) is 2.76. The van der Waals surface area contributed by atoms with Crippen molar-refractivity contribution in [1.82, 2.24) is 5.32 Å². The molecule has 0 bridgehead atoms. The molecule has 0 amide bonds. The number of benzene rings is 1. The van der Waals surface area contributed by atoms with Gasteiger partial charge in [-0.25, -0.2) is 4.39 Å². The highest BCUT2D eigenvalue weighted by Gasteiger charge is 2.09. The Hall–Kier alpha value is -1.70. The van der Waals surface area contributed by atoms with Crippen molar-refractivity contribution in [3.8, 4) is 6.07 Å². The third-order valence-electron chi connectivity index (χ3n) is 2.84. The van der Waals surface area contributed by atoms with Gasteiger partial charge >= 0.3 is 0 Å². The van der Waals surface area contributed by atoms with Gasteiger partial charge in [0.05, 0.1) is 5.56 Å². The van der Waals surface area contributed by atoms with Crippen LogP contribution in [0.4, 0.5) is 4.39 Å². The molecule has 18 heavy (non-hydrogen) atoms. The van der Waals surface area contributed by atoms with Gasteiger partial charge in [0.15, 0.2) is 0 Å². The van der Waals surface area contributed by atoms with E-state index in [1.807, 2.05) is 24.4 Å². The van der Waals surface area contributed by atoms with Crippen molar-refractivity contribution >= 4 is 11.3 Å². The highest BCUT2D eigenvalue weighted by Crippen LogP contribution is 2.17. The molecule has 92 valence electrons. The second-order valence-corrected chi connectivity index (χ2v) is 4.83. The molecule has 0 fully saturated rings. The minimum Gasteiger partial charge on any atom is -0.306 e. The first kappa shape index (κ1) is 12.7. The first-order valence-electron chi connectivity index (χ1n) is 5.65. The molecule has 0 aliphatic carbocycles. The van der Waals surface area contributed by atoms with E-state index in [9.17, 15) is 4.39 Å². The first-order chi connectivity index (χ1) is 8.72. The van der Waals surface area contributed by atoms with E-state index >= 15 is 0 Å². The molecule has 4 heteroatoms. The van der Waals surface area contributed by atoms with Crippen LogP contribution in [0.15, 0.2) is 35.0 Å². The van der Waals surface area contributed by atoms with Crippen LogP contribution < -0.4 is 5.32 Å². The van der Waals surface area contributed by atoms with Crippen LogP contribution in [0.2, 0.25) is 0 Å². The zero-order valence-electron chi connectivity index (χ0n) is 9.98. The monoisotopic (exact) mass is 260 g/mol. The summed E-state index contributed by atoms with van der Waals surface area (Å²) in [5.41, 5.74) is 1.81. The quantitative estimate of drug-likeness (QED) is 0.911. The van der Waals surface area contributed by atoms with Gasteiger partial charge in [0.25, 0.3) is 0 Å². The summed E-state index contributed by atoms with van der Waals surface area (Å²) in [6.07, 6.45) is 0. The second-order valence-electron chi connectivity index (χ2n) is 4.05. The molecule has 0 saturated carbocycles. The lowest BCUT2D eigenvalue weighted by Crippen LogP contribution is -2.18. The maximum Gasteiger partial charge on any atom is 0.145 e. The number of rotatable bonds is 4. The summed E-state index contributed by atoms with van der Waals surface area (Å²) < 4.78 is 13.8. The van der Waals surface area contributed by atoms with Gasteiger partial charge in [-0.1, -0.05) is 12.1 Å². The summed E-state index contributed by atoms with van der Waals surface area (Å²) in [5, 5.41) is 16.1. The standard InChI is InChI=1S/C14H13FN2S/c1-10(13-5-6-18-9-13)17-8-12-4-2-3-11(7-16)14(12)15/h2-6,9-10,17H,8H2,1H3. The molecule has 1 unspecified atom stereocenters. The van der Waals surface area contributed by atoms with Crippen LogP contribution in [0.1, 0.15) is 29.7 Å². The maximum absolute atomic E-state index is 13.8. The van der Waals surface area contributed by atoms with E-state index < -0.39 is 5.82 Å². The lowest BCUT2D eigenvalue weighted by atomic mass is 10.1. The fourth-order valence-electron chi connectivity index (χ4n) is 1.70. The summed E-state index contributed by atoms with van der Waals surface area (Å²) in [6.45, 7) is 2.45. The summed E-state index contributed by atoms with van der Waals surface area (Å²) in [4.78, 5) is 0. The van der Waals surface area contributed by atoms with Gasteiger partial charge in [-0.15, -0.1) is 0 Å². The number of nitriles is 1. The van der Waals surface area contributed by atoms with Gasteiger partial charge < -0.3 is 5.32 Å². The summed E-state index contributed by atoms with van der Waals surface area (Å²) in [5.74, 6) is -0.426. The maximum atomic E-state index is 13.8. The Morgan fingerprint density at radius 3 is 2.94 bits per heavy atom. The third-order valence-corrected chi connectivity index (χ3v) is 3.54. The van der Waals surface area contributed by atoms with Crippen molar-refractivity contribution in [2.45, 2.75) is 19.5 Å². The van der Waals surface area contributed by atoms with Crippen LogP contribution in [0.5, 0.6) is 0 Å². The molecule has 0 spiro atoms. The normalized spacial score (nSPS) is 12.1. The number of halogens is 1. The number of thiophene rings is 1. The predicted molar refractivity (Wildman–Crippen MR) is 70.7 cm³/mol. The van der Waals surface area contributed by atoms with Gasteiger partial charge in [-0.05, 0) is 35.4 Å². The Morgan fingerprint density at radius 1 is 1.44 bits per heavy atom. The van der Waals surface area contributed by atoms with Crippen LogP contribution >= 0.6 is 11.3 Å². The van der Waals surface area contributed by atoms with E-state index in [1.54, 1.807) is 23.5 Å². The van der Waals surface area contributed by atoms with Gasteiger partial charge in [-0.3, -0.25) is 0 Å². The fourth-order valence-corrected chi connectivity index (χ4v) is 2.46. The topological polar surface area (TPSA) is 35.8 Å². The van der Waals surface area contributed by atoms with E-state index in [0.29, 0.717) is 12.1 Å². The molecule has 0 aliphatic heterocycles. The van der Waals surface area contributed by atoms with Gasteiger partial charge in [0.2, 0.25) is 0 Å². The lowest BCUT2D eigenvalue weighted by molar-refractivity contribution is 0.544. The molecule has 1 aromatic carbocycles. The highest BCUT2D eigenvalue weighted by atomic mass is 32.1. The zero-order chi connectivity index (χ0) is 13.0. The van der Waals surface area contributed by atoms with Crippen molar-refractivity contribution in [2.24, 2.45) is 0 Å². The average molecular weight is 260 g/mol. The lowest BCUT2D eigenvalue weighted by Gasteiger charge is -2.13. The van der Waals surface area contributed by atoms with Crippen LogP contribution in [0, 0.1) is 17.1 Å². The summed E-state index contributed by atoms with van der Waals surface area (Å²) in [6, 6.07) is 8.95. The first-order valence-corrected chi connectivity index (χ1v) is 6.59. The Balaban J connectivity index is 2.05. The van der Waals surface area contributed by atoms with E-state index in [1.165, 1.54) is 11.6 Å². The Bertz CT molecular complexity index is 558. The Kier molecular flexibility index (Phi) is 4.08. The highest BCUT2D eigenvalue weighted by molar-refractivity contribution is 7.07. The smallest absolute Gasteiger partial charge is 0.145 e. The van der Waals surface area contributed by atoms with Crippen LogP contribution in [-0.4, -0.2) is 0 Å². The average Bonchev–Trinajstić information content (AvgIpc) is 2.91. The Morgan fingerprint density at radius 2 is 2.28 bits per heavy atom. The van der Waals surface area contributed by atoms with Gasteiger partial charge in [0, 0.05) is 18.2 Å². The number of hydrogen-bond acceptors (Lipinski definition) is 3. The number of hydrogen-bond donors (Lipinski definition) is 1. The van der Waals surface area contributed by atoms with Crippen molar-refractivity contribution in [2.75, 3.05) is 0 Å². The second kappa shape index (κ2) is 5.76. The molecular weight excluding hydrogens is 247 g/mol. The minimum atomic E-state index is -0.426. The Labute approximate surface area is 110 Å². The van der Waals surface area contributed by atoms with Crippen molar-refractivity contribution in [1.29, 1.82) is 5.26 Å². The fraction of sp³-hybridized carbons (Fsp3) is 0.214. The van der Waals surface area contributed by atoms with Crippen molar-refractivity contribution < 1.29 is 4.39 Å². The molecule has 0 aliphatic rings. The van der Waals surface area contributed by atoms with Crippen LogP contribution in [0.25, 0.3) is 0 Å². The van der Waals surface area contributed by atoms with Crippen molar-refractivity contribution in [3.63, 3.8) is 0 Å². The molecule has 1 atom stereocenters. The SMILES string of the molecule is CC(NCc1cccc(C#N)c1F)c1ccsc1. The van der Waals surface area contributed by atoms with E-state index in [-0.39, 0.29) is 11.6 Å².